The number of esters is 1. The molecule has 1 fully saturated rings. The van der Waals surface area contributed by atoms with E-state index in [1.807, 2.05) is 17.0 Å². The molecule has 4 heterocycles. The molecule has 5 rings (SSSR count). The third-order valence-corrected chi connectivity index (χ3v) is 6.73. The fourth-order valence-corrected chi connectivity index (χ4v) is 5.13. The molecule has 8 heteroatoms. The van der Waals surface area contributed by atoms with Crippen LogP contribution in [0.5, 0.6) is 0 Å². The molecule has 0 spiro atoms. The van der Waals surface area contributed by atoms with E-state index in [1.54, 1.807) is 31.3 Å². The first-order valence-corrected chi connectivity index (χ1v) is 11.9. The van der Waals surface area contributed by atoms with E-state index >= 15 is 0 Å². The highest BCUT2D eigenvalue weighted by Gasteiger charge is 2.29. The SMILES string of the molecule is CCOC(=O)c1cc2cccnc2c(N2CCCc3cc(C4CCNCC4)c(C(F)F)cc32)n1. The molecule has 0 saturated carbocycles. The minimum Gasteiger partial charge on any atom is -0.461 e. The summed E-state index contributed by atoms with van der Waals surface area (Å²) in [5, 5.41) is 4.07. The van der Waals surface area contributed by atoms with Crippen molar-refractivity contribution in [3.8, 4) is 0 Å². The molecule has 1 N–H and O–H groups in total. The Kier molecular flexibility index (Phi) is 6.41. The predicted molar refractivity (Wildman–Crippen MR) is 127 cm³/mol. The van der Waals surface area contributed by atoms with E-state index in [9.17, 15) is 13.6 Å². The molecule has 34 heavy (non-hydrogen) atoms. The Balaban J connectivity index is 1.65. The summed E-state index contributed by atoms with van der Waals surface area (Å²) in [5.41, 5.74) is 3.44. The lowest BCUT2D eigenvalue weighted by atomic mass is 9.84. The molecular formula is C26H28F2N4O2. The van der Waals surface area contributed by atoms with E-state index < -0.39 is 12.4 Å². The van der Waals surface area contributed by atoms with Crippen molar-refractivity contribution in [2.45, 2.75) is 45.0 Å². The largest absolute Gasteiger partial charge is 0.461 e. The summed E-state index contributed by atoms with van der Waals surface area (Å²) < 4.78 is 33.7. The van der Waals surface area contributed by atoms with Gasteiger partial charge in [0.15, 0.2) is 11.5 Å². The topological polar surface area (TPSA) is 67.3 Å². The summed E-state index contributed by atoms with van der Waals surface area (Å²) in [6, 6.07) is 8.96. The van der Waals surface area contributed by atoms with Crippen LogP contribution in [0.1, 0.15) is 65.7 Å². The lowest BCUT2D eigenvalue weighted by Crippen LogP contribution is -2.29. The van der Waals surface area contributed by atoms with Crippen molar-refractivity contribution in [2.24, 2.45) is 0 Å². The molecule has 2 aromatic heterocycles. The number of carbonyl (C=O) groups is 1. The number of piperidine rings is 1. The van der Waals surface area contributed by atoms with Crippen LogP contribution in [-0.2, 0) is 11.2 Å². The molecular weight excluding hydrogens is 438 g/mol. The van der Waals surface area contributed by atoms with E-state index in [0.717, 1.165) is 61.0 Å². The van der Waals surface area contributed by atoms with Gasteiger partial charge in [-0.2, -0.15) is 0 Å². The van der Waals surface area contributed by atoms with Crippen LogP contribution in [0.25, 0.3) is 10.9 Å². The Morgan fingerprint density at radius 2 is 2.09 bits per heavy atom. The van der Waals surface area contributed by atoms with Gasteiger partial charge in [0.05, 0.1) is 6.61 Å². The monoisotopic (exact) mass is 466 g/mol. The van der Waals surface area contributed by atoms with Crippen molar-refractivity contribution >= 4 is 28.4 Å². The highest BCUT2D eigenvalue weighted by atomic mass is 19.3. The smallest absolute Gasteiger partial charge is 0.357 e. The number of nitrogens with one attached hydrogen (secondary N) is 1. The number of pyridine rings is 2. The fourth-order valence-electron chi connectivity index (χ4n) is 5.13. The van der Waals surface area contributed by atoms with Crippen LogP contribution in [0.2, 0.25) is 0 Å². The number of ether oxygens (including phenoxy) is 1. The number of benzene rings is 1. The Labute approximate surface area is 197 Å². The van der Waals surface area contributed by atoms with Crippen LogP contribution >= 0.6 is 0 Å². The summed E-state index contributed by atoms with van der Waals surface area (Å²) >= 11 is 0. The average Bonchev–Trinajstić information content (AvgIpc) is 2.87. The van der Waals surface area contributed by atoms with Crippen molar-refractivity contribution in [1.82, 2.24) is 15.3 Å². The molecule has 0 unspecified atom stereocenters. The highest BCUT2D eigenvalue weighted by molar-refractivity contribution is 5.98. The number of anilines is 2. The second-order valence-electron chi connectivity index (χ2n) is 8.82. The van der Waals surface area contributed by atoms with Gasteiger partial charge in [-0.1, -0.05) is 12.1 Å². The first kappa shape index (κ1) is 22.7. The lowest BCUT2D eigenvalue weighted by molar-refractivity contribution is 0.0520. The van der Waals surface area contributed by atoms with Crippen molar-refractivity contribution in [1.29, 1.82) is 0 Å². The maximum Gasteiger partial charge on any atom is 0.357 e. The molecule has 0 atom stereocenters. The van der Waals surface area contributed by atoms with Crippen LogP contribution in [0.4, 0.5) is 20.3 Å². The van der Waals surface area contributed by atoms with Gasteiger partial charge in [0.25, 0.3) is 6.43 Å². The number of halogens is 2. The maximum atomic E-state index is 14.3. The van der Waals surface area contributed by atoms with Gasteiger partial charge >= 0.3 is 5.97 Å². The summed E-state index contributed by atoms with van der Waals surface area (Å²) in [4.78, 5) is 23.6. The van der Waals surface area contributed by atoms with Crippen LogP contribution in [0.3, 0.4) is 0 Å². The van der Waals surface area contributed by atoms with Crippen LogP contribution in [0.15, 0.2) is 36.5 Å². The molecule has 0 aliphatic carbocycles. The van der Waals surface area contributed by atoms with Gasteiger partial charge in [-0.25, -0.2) is 18.6 Å². The van der Waals surface area contributed by atoms with Crippen molar-refractivity contribution < 1.29 is 18.3 Å². The third kappa shape index (κ3) is 4.22. The Bertz CT molecular complexity index is 1210. The van der Waals surface area contributed by atoms with Crippen molar-refractivity contribution in [3.05, 3.63) is 58.9 Å². The van der Waals surface area contributed by atoms with Gasteiger partial charge in [0.1, 0.15) is 5.52 Å². The minimum atomic E-state index is -2.56. The Hall–Kier alpha value is -3.13. The maximum absolute atomic E-state index is 14.3. The van der Waals surface area contributed by atoms with E-state index in [2.05, 4.69) is 15.3 Å². The number of aromatic nitrogens is 2. The molecule has 1 aromatic carbocycles. The van der Waals surface area contributed by atoms with Crippen LogP contribution in [0, 0.1) is 0 Å². The second-order valence-corrected chi connectivity index (χ2v) is 8.82. The Morgan fingerprint density at radius 1 is 1.26 bits per heavy atom. The molecule has 2 aliphatic heterocycles. The van der Waals surface area contributed by atoms with Gasteiger partial charge in [-0.3, -0.25) is 4.98 Å². The molecule has 0 bridgehead atoms. The molecule has 0 radical (unpaired) electrons. The van der Waals surface area contributed by atoms with E-state index in [-0.39, 0.29) is 23.8 Å². The number of fused-ring (bicyclic) bond motifs is 2. The molecule has 3 aromatic rings. The zero-order chi connectivity index (χ0) is 23.7. The lowest BCUT2D eigenvalue weighted by Gasteiger charge is -2.34. The van der Waals surface area contributed by atoms with Gasteiger partial charge in [0, 0.05) is 29.4 Å². The average molecular weight is 467 g/mol. The van der Waals surface area contributed by atoms with Crippen LogP contribution in [-0.4, -0.2) is 42.2 Å². The van der Waals surface area contributed by atoms with Gasteiger partial charge in [0.2, 0.25) is 0 Å². The fraction of sp³-hybridized carbons (Fsp3) is 0.423. The standard InChI is InChI=1S/C26H28F2N4O2/c1-2-34-26(33)21-14-18-5-3-9-30-23(18)25(31-21)32-12-4-6-17-13-19(16-7-10-29-11-8-16)20(24(27)28)15-22(17)32/h3,5,9,13-16,24,29H,2,4,6-8,10-12H2,1H3. The number of hydrogen-bond donors (Lipinski definition) is 1. The molecule has 178 valence electrons. The number of carbonyl (C=O) groups excluding carboxylic acids is 1. The first-order valence-electron chi connectivity index (χ1n) is 11.9. The molecule has 6 nitrogen and oxygen atoms in total. The Morgan fingerprint density at radius 3 is 2.85 bits per heavy atom. The summed E-state index contributed by atoms with van der Waals surface area (Å²) in [6.45, 7) is 4.28. The van der Waals surface area contributed by atoms with Gasteiger partial charge < -0.3 is 15.0 Å². The van der Waals surface area contributed by atoms with Crippen LogP contribution < -0.4 is 10.2 Å². The first-order chi connectivity index (χ1) is 16.6. The number of alkyl halides is 2. The highest BCUT2D eigenvalue weighted by Crippen LogP contribution is 2.42. The van der Waals surface area contributed by atoms with E-state index in [0.29, 0.717) is 17.9 Å². The number of rotatable bonds is 5. The normalized spacial score (nSPS) is 16.6. The zero-order valence-corrected chi connectivity index (χ0v) is 19.2. The number of hydrogen-bond acceptors (Lipinski definition) is 6. The summed E-state index contributed by atoms with van der Waals surface area (Å²) in [7, 11) is 0. The quantitative estimate of drug-likeness (QED) is 0.515. The molecule has 0 amide bonds. The molecule has 1 saturated heterocycles. The van der Waals surface area contributed by atoms with E-state index in [4.69, 9.17) is 4.74 Å². The van der Waals surface area contributed by atoms with E-state index in [1.165, 1.54) is 0 Å². The zero-order valence-electron chi connectivity index (χ0n) is 19.2. The van der Waals surface area contributed by atoms with Crippen molar-refractivity contribution in [3.63, 3.8) is 0 Å². The minimum absolute atomic E-state index is 0.0939. The predicted octanol–water partition coefficient (Wildman–Crippen LogP) is 5.30. The summed E-state index contributed by atoms with van der Waals surface area (Å²) in [5.74, 6) is 0.122. The summed E-state index contributed by atoms with van der Waals surface area (Å²) in [6.07, 6.45) is 2.50. The van der Waals surface area contributed by atoms with Gasteiger partial charge in [-0.15, -0.1) is 0 Å². The second kappa shape index (κ2) is 9.62. The number of nitrogens with zero attached hydrogens (tertiary/aromatic N) is 3. The third-order valence-electron chi connectivity index (χ3n) is 6.73. The van der Waals surface area contributed by atoms with Crippen molar-refractivity contribution in [2.75, 3.05) is 31.1 Å². The van der Waals surface area contributed by atoms with Gasteiger partial charge in [-0.05, 0) is 80.9 Å². The number of aryl methyl sites for hydroxylation is 1. The molecule has 2 aliphatic rings.